The van der Waals surface area contributed by atoms with E-state index in [9.17, 15) is 0 Å². The molecule has 0 spiro atoms. The van der Waals surface area contributed by atoms with Gasteiger partial charge in [0.05, 0.1) is 11.7 Å². The van der Waals surface area contributed by atoms with Crippen molar-refractivity contribution < 1.29 is 4.52 Å². The van der Waals surface area contributed by atoms with Crippen molar-refractivity contribution in [3.05, 3.63) is 11.7 Å². The van der Waals surface area contributed by atoms with Crippen LogP contribution in [-0.4, -0.2) is 28.0 Å². The first-order valence-electron chi connectivity index (χ1n) is 7.92. The van der Waals surface area contributed by atoms with Crippen molar-refractivity contribution in [3.63, 3.8) is 0 Å². The van der Waals surface area contributed by atoms with Crippen LogP contribution in [0, 0.1) is 0 Å². The summed E-state index contributed by atoms with van der Waals surface area (Å²) in [6, 6.07) is 0.413. The third-order valence-corrected chi connectivity index (χ3v) is 5.50. The van der Waals surface area contributed by atoms with E-state index in [1.54, 1.807) is 0 Å². The van der Waals surface area contributed by atoms with E-state index in [1.807, 2.05) is 11.8 Å². The predicted octanol–water partition coefficient (Wildman–Crippen LogP) is 3.74. The highest BCUT2D eigenvalue weighted by Gasteiger charge is 2.23. The number of thioether (sulfide) groups is 1. The van der Waals surface area contributed by atoms with E-state index in [-0.39, 0.29) is 5.92 Å². The Morgan fingerprint density at radius 3 is 2.75 bits per heavy atom. The summed E-state index contributed by atoms with van der Waals surface area (Å²) in [6.45, 7) is 7.46. The fourth-order valence-electron chi connectivity index (χ4n) is 2.87. The molecule has 1 aliphatic carbocycles. The lowest BCUT2D eigenvalue weighted by Gasteiger charge is -2.20. The van der Waals surface area contributed by atoms with Crippen LogP contribution in [0.25, 0.3) is 0 Å². The standard InChI is InChI=1S/C15H27N3OS/c1-4-13(16-5-2)11(3)15-17-14(18-19-15)10-20-12-8-6-7-9-12/h11-13,16H,4-10H2,1-3H3. The molecule has 5 heteroatoms. The third-order valence-electron chi connectivity index (χ3n) is 4.13. The molecule has 0 saturated heterocycles. The molecule has 114 valence electrons. The molecule has 1 saturated carbocycles. The maximum absolute atomic E-state index is 5.46. The fraction of sp³-hybridized carbons (Fsp3) is 0.867. The summed E-state index contributed by atoms with van der Waals surface area (Å²) < 4.78 is 5.46. The van der Waals surface area contributed by atoms with Gasteiger partial charge in [0.25, 0.3) is 0 Å². The molecule has 2 rings (SSSR count). The molecule has 0 aromatic carbocycles. The topological polar surface area (TPSA) is 51.0 Å². The SMILES string of the molecule is CCNC(CC)C(C)c1nc(CSC2CCCC2)no1. The van der Waals surface area contributed by atoms with E-state index in [4.69, 9.17) is 4.52 Å². The lowest BCUT2D eigenvalue weighted by atomic mass is 9.99. The molecule has 1 aliphatic rings. The van der Waals surface area contributed by atoms with Crippen LogP contribution in [0.5, 0.6) is 0 Å². The summed E-state index contributed by atoms with van der Waals surface area (Å²) in [5.74, 6) is 2.80. The molecule has 4 nitrogen and oxygen atoms in total. The second-order valence-electron chi connectivity index (χ2n) is 5.63. The van der Waals surface area contributed by atoms with Crippen molar-refractivity contribution in [2.75, 3.05) is 6.54 Å². The number of nitrogens with one attached hydrogen (secondary N) is 1. The van der Waals surface area contributed by atoms with Crippen LogP contribution in [0.1, 0.15) is 70.5 Å². The van der Waals surface area contributed by atoms with Crippen LogP contribution in [0.15, 0.2) is 4.52 Å². The Labute approximate surface area is 126 Å². The number of rotatable bonds is 8. The van der Waals surface area contributed by atoms with Crippen molar-refractivity contribution in [2.45, 2.75) is 75.8 Å². The quantitative estimate of drug-likeness (QED) is 0.792. The largest absolute Gasteiger partial charge is 0.339 e. The second kappa shape index (κ2) is 8.03. The van der Waals surface area contributed by atoms with E-state index >= 15 is 0 Å². The second-order valence-corrected chi connectivity index (χ2v) is 6.92. The van der Waals surface area contributed by atoms with Crippen LogP contribution < -0.4 is 5.32 Å². The molecule has 2 unspecified atom stereocenters. The van der Waals surface area contributed by atoms with Gasteiger partial charge in [0.15, 0.2) is 5.82 Å². The molecule has 0 aliphatic heterocycles. The Balaban J connectivity index is 1.86. The minimum atomic E-state index is 0.276. The van der Waals surface area contributed by atoms with Gasteiger partial charge in [-0.1, -0.05) is 38.8 Å². The normalized spacial score (nSPS) is 19.4. The summed E-state index contributed by atoms with van der Waals surface area (Å²) in [6.07, 6.45) is 6.54. The zero-order valence-electron chi connectivity index (χ0n) is 12.9. The Morgan fingerprint density at radius 1 is 1.35 bits per heavy atom. The van der Waals surface area contributed by atoms with E-state index < -0.39 is 0 Å². The van der Waals surface area contributed by atoms with Crippen molar-refractivity contribution in [3.8, 4) is 0 Å². The summed E-state index contributed by atoms with van der Waals surface area (Å²) >= 11 is 1.99. The molecule has 1 heterocycles. The summed E-state index contributed by atoms with van der Waals surface area (Å²) in [4.78, 5) is 4.58. The van der Waals surface area contributed by atoms with Crippen LogP contribution >= 0.6 is 11.8 Å². The van der Waals surface area contributed by atoms with Crippen LogP contribution in [-0.2, 0) is 5.75 Å². The summed E-state index contributed by atoms with van der Waals surface area (Å²) in [5.41, 5.74) is 0. The smallest absolute Gasteiger partial charge is 0.231 e. The van der Waals surface area contributed by atoms with Gasteiger partial charge in [0.1, 0.15) is 0 Å². The lowest BCUT2D eigenvalue weighted by Crippen LogP contribution is -2.33. The van der Waals surface area contributed by atoms with Crippen LogP contribution in [0.4, 0.5) is 0 Å². The molecule has 0 bridgehead atoms. The number of hydrogen-bond donors (Lipinski definition) is 1. The average molecular weight is 297 g/mol. The van der Waals surface area contributed by atoms with E-state index in [0.717, 1.165) is 35.7 Å². The van der Waals surface area contributed by atoms with Crippen molar-refractivity contribution >= 4 is 11.8 Å². The fourth-order valence-corrected chi connectivity index (χ4v) is 4.04. The third kappa shape index (κ3) is 4.22. The maximum atomic E-state index is 5.46. The zero-order valence-corrected chi connectivity index (χ0v) is 13.7. The van der Waals surface area contributed by atoms with Crippen LogP contribution in [0.3, 0.4) is 0 Å². The van der Waals surface area contributed by atoms with Gasteiger partial charge in [-0.15, -0.1) is 0 Å². The summed E-state index contributed by atoms with van der Waals surface area (Å²) in [5, 5.41) is 8.43. The molecule has 0 amide bonds. The molecule has 1 fully saturated rings. The summed E-state index contributed by atoms with van der Waals surface area (Å²) in [7, 11) is 0. The molecule has 20 heavy (non-hydrogen) atoms. The number of hydrogen-bond acceptors (Lipinski definition) is 5. The van der Waals surface area contributed by atoms with Gasteiger partial charge in [-0.3, -0.25) is 0 Å². The first kappa shape index (κ1) is 15.8. The van der Waals surface area contributed by atoms with E-state index in [2.05, 4.69) is 36.2 Å². The first-order valence-corrected chi connectivity index (χ1v) is 8.96. The Hall–Kier alpha value is -0.550. The van der Waals surface area contributed by atoms with E-state index in [0.29, 0.717) is 6.04 Å². The minimum absolute atomic E-state index is 0.276. The molecular weight excluding hydrogens is 270 g/mol. The number of aromatic nitrogens is 2. The Morgan fingerprint density at radius 2 is 2.10 bits per heavy atom. The average Bonchev–Trinajstić information content (AvgIpc) is 3.12. The zero-order chi connectivity index (χ0) is 14.4. The van der Waals surface area contributed by atoms with Gasteiger partial charge in [-0.25, -0.2) is 0 Å². The van der Waals surface area contributed by atoms with Gasteiger partial charge in [0.2, 0.25) is 5.89 Å². The molecule has 1 aromatic rings. The minimum Gasteiger partial charge on any atom is -0.339 e. The molecular formula is C15H27N3OS. The van der Waals surface area contributed by atoms with Crippen LogP contribution in [0.2, 0.25) is 0 Å². The lowest BCUT2D eigenvalue weighted by molar-refractivity contribution is 0.320. The first-order chi connectivity index (χ1) is 9.74. The number of likely N-dealkylation sites (N-methyl/N-ethyl adjacent to an activating group) is 1. The Kier molecular flexibility index (Phi) is 6.36. The molecule has 1 aromatic heterocycles. The Bertz CT molecular complexity index is 390. The highest BCUT2D eigenvalue weighted by molar-refractivity contribution is 7.99. The van der Waals surface area contributed by atoms with Gasteiger partial charge in [0, 0.05) is 11.3 Å². The highest BCUT2D eigenvalue weighted by Crippen LogP contribution is 2.31. The van der Waals surface area contributed by atoms with Gasteiger partial charge in [-0.2, -0.15) is 16.7 Å². The molecule has 2 atom stereocenters. The highest BCUT2D eigenvalue weighted by atomic mass is 32.2. The molecule has 0 radical (unpaired) electrons. The van der Waals surface area contributed by atoms with Gasteiger partial charge < -0.3 is 9.84 Å². The van der Waals surface area contributed by atoms with Gasteiger partial charge in [-0.05, 0) is 25.8 Å². The predicted molar refractivity (Wildman–Crippen MR) is 84.0 cm³/mol. The van der Waals surface area contributed by atoms with Gasteiger partial charge >= 0.3 is 0 Å². The van der Waals surface area contributed by atoms with E-state index in [1.165, 1.54) is 25.7 Å². The maximum Gasteiger partial charge on any atom is 0.231 e. The van der Waals surface area contributed by atoms with Crippen molar-refractivity contribution in [1.82, 2.24) is 15.5 Å². The monoisotopic (exact) mass is 297 g/mol. The van der Waals surface area contributed by atoms with Crippen molar-refractivity contribution in [2.24, 2.45) is 0 Å². The molecule has 1 N–H and O–H groups in total. The number of nitrogens with zero attached hydrogens (tertiary/aromatic N) is 2. The van der Waals surface area contributed by atoms with Crippen molar-refractivity contribution in [1.29, 1.82) is 0 Å².